The van der Waals surface area contributed by atoms with E-state index < -0.39 is 22.0 Å². The molecule has 0 saturated heterocycles. The van der Waals surface area contributed by atoms with Gasteiger partial charge in [-0.15, -0.1) is 0 Å². The van der Waals surface area contributed by atoms with Gasteiger partial charge in [0.1, 0.15) is 6.04 Å². The third-order valence-electron chi connectivity index (χ3n) is 5.60. The van der Waals surface area contributed by atoms with Gasteiger partial charge in [-0.05, 0) is 54.3 Å². The van der Waals surface area contributed by atoms with Crippen molar-refractivity contribution in [1.82, 2.24) is 9.29 Å². The first-order valence-electron chi connectivity index (χ1n) is 10.6. The second-order valence-corrected chi connectivity index (χ2v) is 10.1. The number of aromatic nitrogens is 1. The van der Waals surface area contributed by atoms with Crippen LogP contribution in [0.5, 0.6) is 5.88 Å². The molecule has 1 atom stereocenters. The van der Waals surface area contributed by atoms with Crippen LogP contribution in [0.15, 0.2) is 83.9 Å². The summed E-state index contributed by atoms with van der Waals surface area (Å²) >= 11 is 5.91. The fourth-order valence-electron chi connectivity index (χ4n) is 3.79. The summed E-state index contributed by atoms with van der Waals surface area (Å²) in [5.41, 5.74) is 1.69. The molecule has 3 aromatic carbocycles. The summed E-state index contributed by atoms with van der Waals surface area (Å²) in [7, 11) is -4.04. The third kappa shape index (κ3) is 5.25. The Balaban J connectivity index is 1.42. The van der Waals surface area contributed by atoms with Crippen LogP contribution in [0.1, 0.15) is 12.8 Å². The summed E-state index contributed by atoms with van der Waals surface area (Å²) in [4.78, 5) is 11.7. The van der Waals surface area contributed by atoms with Crippen molar-refractivity contribution in [3.63, 3.8) is 0 Å². The van der Waals surface area contributed by atoms with Crippen molar-refractivity contribution in [3.8, 4) is 17.0 Å². The van der Waals surface area contributed by atoms with Gasteiger partial charge in [-0.2, -0.15) is 4.72 Å². The van der Waals surface area contributed by atoms with E-state index in [2.05, 4.69) is 4.72 Å². The molecule has 1 heterocycles. The van der Waals surface area contributed by atoms with Crippen molar-refractivity contribution in [2.24, 2.45) is 0 Å². The molecule has 0 aliphatic carbocycles. The predicted molar refractivity (Wildman–Crippen MR) is 131 cm³/mol. The second kappa shape index (κ2) is 9.89. The molecule has 176 valence electrons. The zero-order valence-corrected chi connectivity index (χ0v) is 19.6. The van der Waals surface area contributed by atoms with Gasteiger partial charge < -0.3 is 14.8 Å². The minimum atomic E-state index is -4.04. The van der Waals surface area contributed by atoms with E-state index in [1.54, 1.807) is 41.1 Å². The molecule has 1 aromatic heterocycles. The van der Waals surface area contributed by atoms with Crippen molar-refractivity contribution in [1.29, 1.82) is 0 Å². The number of nitrogens with zero attached hydrogens (tertiary/aromatic N) is 1. The van der Waals surface area contributed by atoms with Crippen molar-refractivity contribution >= 4 is 38.4 Å². The van der Waals surface area contributed by atoms with E-state index in [4.69, 9.17) is 11.6 Å². The minimum absolute atomic E-state index is 0.0224. The Morgan fingerprint density at radius 3 is 2.21 bits per heavy atom. The Bertz CT molecular complexity index is 1410. The SMILES string of the molecule is O=C(O)C(CCCn1cc2ccccc2c1O)NS(=O)(=O)c1ccc(-c2ccc(Cl)cc2)cc1. The highest BCUT2D eigenvalue weighted by atomic mass is 35.5. The number of nitrogens with one attached hydrogen (secondary N) is 1. The van der Waals surface area contributed by atoms with Crippen LogP contribution >= 0.6 is 11.6 Å². The number of carbonyl (C=O) groups is 1. The first kappa shape index (κ1) is 23.8. The molecule has 4 aromatic rings. The number of carboxylic acids is 1. The third-order valence-corrected chi connectivity index (χ3v) is 7.34. The van der Waals surface area contributed by atoms with Gasteiger partial charge in [0.2, 0.25) is 10.0 Å². The highest BCUT2D eigenvalue weighted by Gasteiger charge is 2.25. The van der Waals surface area contributed by atoms with Gasteiger partial charge in [-0.3, -0.25) is 4.79 Å². The molecule has 7 nitrogen and oxygen atoms in total. The highest BCUT2D eigenvalue weighted by Crippen LogP contribution is 2.27. The second-order valence-electron chi connectivity index (χ2n) is 7.92. The molecule has 0 saturated carbocycles. The number of fused-ring (bicyclic) bond motifs is 1. The Labute approximate surface area is 202 Å². The van der Waals surface area contributed by atoms with E-state index in [9.17, 15) is 23.4 Å². The summed E-state index contributed by atoms with van der Waals surface area (Å²) < 4.78 is 29.5. The van der Waals surface area contributed by atoms with Crippen LogP contribution in [-0.2, 0) is 21.4 Å². The fraction of sp³-hybridized carbons (Fsp3) is 0.160. The topological polar surface area (TPSA) is 109 Å². The molecule has 4 rings (SSSR count). The molecule has 9 heteroatoms. The van der Waals surface area contributed by atoms with E-state index >= 15 is 0 Å². The minimum Gasteiger partial charge on any atom is -0.494 e. The maximum atomic E-state index is 12.8. The van der Waals surface area contributed by atoms with Crippen molar-refractivity contribution in [2.45, 2.75) is 30.3 Å². The predicted octanol–water partition coefficient (Wildman–Crippen LogP) is 4.88. The number of halogens is 1. The number of hydrogen-bond acceptors (Lipinski definition) is 4. The smallest absolute Gasteiger partial charge is 0.321 e. The average Bonchev–Trinajstić information content (AvgIpc) is 3.14. The summed E-state index contributed by atoms with van der Waals surface area (Å²) in [6, 6.07) is 19.4. The Morgan fingerprint density at radius 1 is 0.971 bits per heavy atom. The normalized spacial score (nSPS) is 12.6. The lowest BCUT2D eigenvalue weighted by Gasteiger charge is -2.15. The van der Waals surface area contributed by atoms with Crippen molar-refractivity contribution in [2.75, 3.05) is 0 Å². The van der Waals surface area contributed by atoms with E-state index in [1.165, 1.54) is 12.1 Å². The molecule has 0 radical (unpaired) electrons. The van der Waals surface area contributed by atoms with Gasteiger partial charge in [0, 0.05) is 28.5 Å². The lowest BCUT2D eigenvalue weighted by molar-refractivity contribution is -0.139. The number of carboxylic acid groups (broad SMARTS) is 1. The average molecular weight is 499 g/mol. The number of hydrogen-bond donors (Lipinski definition) is 3. The van der Waals surface area contributed by atoms with Crippen molar-refractivity contribution < 1.29 is 23.4 Å². The molecule has 0 aliphatic heterocycles. The van der Waals surface area contributed by atoms with Crippen LogP contribution in [0.25, 0.3) is 21.9 Å². The summed E-state index contributed by atoms with van der Waals surface area (Å²) in [5, 5.41) is 22.1. The molecular formula is C25H23ClN2O5S. The molecular weight excluding hydrogens is 476 g/mol. The quantitative estimate of drug-likeness (QED) is 0.305. The zero-order valence-electron chi connectivity index (χ0n) is 18.1. The lowest BCUT2D eigenvalue weighted by Crippen LogP contribution is -2.40. The van der Waals surface area contributed by atoms with Crippen LogP contribution < -0.4 is 4.72 Å². The molecule has 0 amide bonds. The van der Waals surface area contributed by atoms with Crippen molar-refractivity contribution in [3.05, 3.63) is 84.0 Å². The monoisotopic (exact) mass is 498 g/mol. The number of aryl methyl sites for hydroxylation is 1. The largest absolute Gasteiger partial charge is 0.494 e. The van der Waals surface area contributed by atoms with Gasteiger partial charge in [0.15, 0.2) is 5.88 Å². The van der Waals surface area contributed by atoms with Gasteiger partial charge in [0.05, 0.1) is 4.90 Å². The van der Waals surface area contributed by atoms with E-state index in [0.717, 1.165) is 16.5 Å². The van der Waals surface area contributed by atoms with Crippen LogP contribution in [0.3, 0.4) is 0 Å². The molecule has 3 N–H and O–H groups in total. The molecule has 0 fully saturated rings. The number of aliphatic carboxylic acids is 1. The maximum Gasteiger partial charge on any atom is 0.321 e. The van der Waals surface area contributed by atoms with E-state index in [-0.39, 0.29) is 17.2 Å². The van der Waals surface area contributed by atoms with Gasteiger partial charge >= 0.3 is 5.97 Å². The Kier molecular flexibility index (Phi) is 6.92. The molecule has 0 spiro atoms. The van der Waals surface area contributed by atoms with Crippen LogP contribution in [0.2, 0.25) is 5.02 Å². The first-order valence-corrected chi connectivity index (χ1v) is 12.5. The number of aromatic hydroxyl groups is 1. The Morgan fingerprint density at radius 2 is 1.59 bits per heavy atom. The molecule has 0 aliphatic rings. The fourth-order valence-corrected chi connectivity index (χ4v) is 5.14. The first-order chi connectivity index (χ1) is 16.2. The summed E-state index contributed by atoms with van der Waals surface area (Å²) in [5.74, 6) is -1.16. The molecule has 34 heavy (non-hydrogen) atoms. The highest BCUT2D eigenvalue weighted by molar-refractivity contribution is 7.89. The van der Waals surface area contributed by atoms with E-state index in [1.807, 2.05) is 30.3 Å². The molecule has 0 bridgehead atoms. The van der Waals surface area contributed by atoms with Crippen LogP contribution in [-0.4, -0.2) is 35.2 Å². The standard InChI is InChI=1S/C25H23ClN2O5S/c26-20-11-7-17(8-12-20)18-9-13-21(14-10-18)34(32,33)27-23(25(30)31)6-3-15-28-16-19-4-1-2-5-22(19)24(28)29/h1-2,4-5,7-14,16,23,27,29H,3,6,15H2,(H,30,31). The number of rotatable bonds is 9. The van der Waals surface area contributed by atoms with Crippen LogP contribution in [0, 0.1) is 0 Å². The molecule has 1 unspecified atom stereocenters. The van der Waals surface area contributed by atoms with Gasteiger partial charge in [-0.25, -0.2) is 8.42 Å². The van der Waals surface area contributed by atoms with Crippen LogP contribution in [0.4, 0.5) is 0 Å². The zero-order chi connectivity index (χ0) is 24.3. The van der Waals surface area contributed by atoms with E-state index in [0.29, 0.717) is 23.4 Å². The summed E-state index contributed by atoms with van der Waals surface area (Å²) in [6.07, 6.45) is 2.20. The Hall–Kier alpha value is -3.33. The van der Waals surface area contributed by atoms with Gasteiger partial charge in [0.25, 0.3) is 0 Å². The number of benzene rings is 3. The summed E-state index contributed by atoms with van der Waals surface area (Å²) in [6.45, 7) is 0.349. The maximum absolute atomic E-state index is 12.8. The number of sulfonamides is 1. The lowest BCUT2D eigenvalue weighted by atomic mass is 10.1. The van der Waals surface area contributed by atoms with Gasteiger partial charge in [-0.1, -0.05) is 54.1 Å².